The summed E-state index contributed by atoms with van der Waals surface area (Å²) < 4.78 is 37.1. The molecule has 0 aliphatic carbocycles. The molecule has 0 aliphatic rings. The largest absolute Gasteiger partial charge is 0.469 e. The van der Waals surface area contributed by atoms with Crippen molar-refractivity contribution in [1.29, 1.82) is 10.5 Å². The van der Waals surface area contributed by atoms with Gasteiger partial charge in [-0.1, -0.05) is 0 Å². The van der Waals surface area contributed by atoms with Gasteiger partial charge in [0.1, 0.15) is 17.6 Å². The summed E-state index contributed by atoms with van der Waals surface area (Å²) in [6, 6.07) is 5.38. The summed E-state index contributed by atoms with van der Waals surface area (Å²) in [5.41, 5.74) is 0. The molecule has 1 atom stereocenters. The Bertz CT molecular complexity index is 500. The predicted octanol–water partition coefficient (Wildman–Crippen LogP) is 2.22. The zero-order chi connectivity index (χ0) is 14.5. The number of ether oxygens (including phenoxy) is 1. The van der Waals surface area contributed by atoms with Crippen molar-refractivity contribution in [2.75, 3.05) is 6.61 Å². The fourth-order valence-electron chi connectivity index (χ4n) is 1.55. The molecule has 0 aromatic carbocycles. The Hall–Kier alpha value is -2.41. The molecule has 1 aromatic rings. The number of hydrogen-bond acceptors (Lipinski definition) is 5. The first-order valence-electron chi connectivity index (χ1n) is 5.36. The van der Waals surface area contributed by atoms with E-state index < -0.39 is 23.7 Å². The van der Waals surface area contributed by atoms with Crippen molar-refractivity contribution in [1.82, 2.24) is 0 Å². The highest BCUT2D eigenvalue weighted by atomic mass is 19.3. The smallest absolute Gasteiger partial charge is 0.377 e. The molecule has 0 saturated heterocycles. The third-order valence-electron chi connectivity index (χ3n) is 2.40. The maximum atomic E-state index is 14.0. The van der Waals surface area contributed by atoms with Crippen LogP contribution in [-0.4, -0.2) is 18.5 Å². The van der Waals surface area contributed by atoms with E-state index in [-0.39, 0.29) is 12.4 Å². The van der Waals surface area contributed by atoms with E-state index in [9.17, 15) is 13.6 Å². The number of rotatable bonds is 5. The van der Waals surface area contributed by atoms with E-state index in [2.05, 4.69) is 4.74 Å². The Morgan fingerprint density at radius 2 is 2.16 bits per heavy atom. The minimum Gasteiger partial charge on any atom is -0.469 e. The first-order valence-corrected chi connectivity index (χ1v) is 5.36. The van der Waals surface area contributed by atoms with Crippen LogP contribution in [0.4, 0.5) is 8.78 Å². The van der Waals surface area contributed by atoms with E-state index in [1.807, 2.05) is 0 Å². The Morgan fingerprint density at radius 1 is 1.53 bits per heavy atom. The summed E-state index contributed by atoms with van der Waals surface area (Å²) in [5.74, 6) is -9.86. The van der Waals surface area contributed by atoms with E-state index >= 15 is 0 Å². The summed E-state index contributed by atoms with van der Waals surface area (Å²) in [4.78, 5) is 11.3. The fraction of sp³-hybridized carbons (Fsp3) is 0.417. The SMILES string of the molecule is CCOC(=O)C(F)(F)C(c1ccco1)C(C#N)C#N. The van der Waals surface area contributed by atoms with Gasteiger partial charge in [0.2, 0.25) is 0 Å². The molecule has 1 rings (SSSR count). The van der Waals surface area contributed by atoms with Crippen LogP contribution in [-0.2, 0) is 9.53 Å². The number of carbonyl (C=O) groups excluding carboxylic acids is 1. The highest BCUT2D eigenvalue weighted by Crippen LogP contribution is 2.40. The van der Waals surface area contributed by atoms with Crippen molar-refractivity contribution in [2.24, 2.45) is 5.92 Å². The third kappa shape index (κ3) is 2.89. The van der Waals surface area contributed by atoms with Crippen molar-refractivity contribution in [3.63, 3.8) is 0 Å². The maximum Gasteiger partial charge on any atom is 0.377 e. The molecule has 19 heavy (non-hydrogen) atoms. The standard InChI is InChI=1S/C12H10F2N2O3/c1-2-18-11(17)12(13,14)10(8(6-15)7-16)9-4-3-5-19-9/h3-5,8,10H,2H2,1H3. The molecule has 0 saturated carbocycles. The van der Waals surface area contributed by atoms with Crippen LogP contribution >= 0.6 is 0 Å². The van der Waals surface area contributed by atoms with Crippen molar-refractivity contribution < 1.29 is 22.7 Å². The normalized spacial score (nSPS) is 12.5. The molecule has 0 spiro atoms. The molecule has 7 heteroatoms. The Labute approximate surface area is 108 Å². The van der Waals surface area contributed by atoms with E-state index in [0.29, 0.717) is 0 Å². The van der Waals surface area contributed by atoms with Crippen LogP contribution in [0.25, 0.3) is 0 Å². The minimum absolute atomic E-state index is 0.233. The predicted molar refractivity (Wildman–Crippen MR) is 57.7 cm³/mol. The molecule has 1 unspecified atom stereocenters. The van der Waals surface area contributed by atoms with Gasteiger partial charge in [0.15, 0.2) is 0 Å². The average molecular weight is 268 g/mol. The number of furan rings is 1. The second kappa shape index (κ2) is 5.96. The van der Waals surface area contributed by atoms with E-state index in [1.54, 1.807) is 0 Å². The van der Waals surface area contributed by atoms with Gasteiger partial charge in [-0.3, -0.25) is 0 Å². The average Bonchev–Trinajstić information content (AvgIpc) is 2.88. The summed E-state index contributed by atoms with van der Waals surface area (Å²) in [6.07, 6.45) is 1.12. The van der Waals surface area contributed by atoms with Crippen LogP contribution in [0.5, 0.6) is 0 Å². The fourth-order valence-corrected chi connectivity index (χ4v) is 1.55. The van der Waals surface area contributed by atoms with E-state index in [0.717, 1.165) is 6.26 Å². The van der Waals surface area contributed by atoms with E-state index in [1.165, 1.54) is 31.2 Å². The zero-order valence-corrected chi connectivity index (χ0v) is 9.97. The topological polar surface area (TPSA) is 87.0 Å². The van der Waals surface area contributed by atoms with Gasteiger partial charge in [0.05, 0.1) is 25.0 Å². The number of esters is 1. The number of carbonyl (C=O) groups is 1. The van der Waals surface area contributed by atoms with Gasteiger partial charge in [-0.05, 0) is 19.1 Å². The Balaban J connectivity index is 3.22. The maximum absolute atomic E-state index is 14.0. The molecule has 0 bridgehead atoms. The molecular formula is C12H10F2N2O3. The molecular weight excluding hydrogens is 258 g/mol. The highest BCUT2D eigenvalue weighted by molar-refractivity contribution is 5.79. The molecule has 5 nitrogen and oxygen atoms in total. The minimum atomic E-state index is -4.02. The summed E-state index contributed by atoms with van der Waals surface area (Å²) in [5, 5.41) is 17.5. The lowest BCUT2D eigenvalue weighted by molar-refractivity contribution is -0.176. The lowest BCUT2D eigenvalue weighted by Gasteiger charge is -2.23. The van der Waals surface area contributed by atoms with Gasteiger partial charge in [0, 0.05) is 0 Å². The van der Waals surface area contributed by atoms with Gasteiger partial charge >= 0.3 is 11.9 Å². The van der Waals surface area contributed by atoms with Gasteiger partial charge < -0.3 is 9.15 Å². The summed E-state index contributed by atoms with van der Waals surface area (Å²) >= 11 is 0. The molecule has 1 aromatic heterocycles. The highest BCUT2D eigenvalue weighted by Gasteiger charge is 2.54. The third-order valence-corrected chi connectivity index (χ3v) is 2.40. The van der Waals surface area contributed by atoms with Crippen LogP contribution in [0.2, 0.25) is 0 Å². The second-order valence-corrected chi connectivity index (χ2v) is 3.57. The summed E-state index contributed by atoms with van der Waals surface area (Å²) in [6.45, 7) is 1.14. The number of halogens is 2. The van der Waals surface area contributed by atoms with Crippen LogP contribution < -0.4 is 0 Å². The number of hydrogen-bond donors (Lipinski definition) is 0. The monoisotopic (exact) mass is 268 g/mol. The van der Waals surface area contributed by atoms with Crippen molar-refractivity contribution in [3.05, 3.63) is 24.2 Å². The van der Waals surface area contributed by atoms with Crippen molar-refractivity contribution in [3.8, 4) is 12.1 Å². The Morgan fingerprint density at radius 3 is 2.58 bits per heavy atom. The van der Waals surface area contributed by atoms with Crippen molar-refractivity contribution >= 4 is 5.97 Å². The molecule has 0 fully saturated rings. The lowest BCUT2D eigenvalue weighted by atomic mass is 9.86. The molecule has 0 radical (unpaired) electrons. The first-order chi connectivity index (χ1) is 8.98. The Kier molecular flexibility index (Phi) is 4.60. The van der Waals surface area contributed by atoms with Crippen LogP contribution in [0, 0.1) is 28.6 Å². The number of nitrogens with zero attached hydrogens (tertiary/aromatic N) is 2. The molecule has 0 amide bonds. The summed E-state index contributed by atoms with van der Waals surface area (Å²) in [7, 11) is 0. The van der Waals surface area contributed by atoms with Crippen molar-refractivity contribution in [2.45, 2.75) is 18.8 Å². The second-order valence-electron chi connectivity index (χ2n) is 3.57. The van der Waals surface area contributed by atoms with Crippen LogP contribution in [0.3, 0.4) is 0 Å². The van der Waals surface area contributed by atoms with Gasteiger partial charge in [0.25, 0.3) is 0 Å². The van der Waals surface area contributed by atoms with Crippen LogP contribution in [0.1, 0.15) is 18.6 Å². The molecule has 100 valence electrons. The van der Waals surface area contributed by atoms with Gasteiger partial charge in [-0.25, -0.2) is 4.79 Å². The molecule has 0 aliphatic heterocycles. The quantitative estimate of drug-likeness (QED) is 0.764. The zero-order valence-electron chi connectivity index (χ0n) is 9.97. The molecule has 0 N–H and O–H groups in total. The van der Waals surface area contributed by atoms with Crippen LogP contribution in [0.15, 0.2) is 22.8 Å². The number of nitriles is 2. The number of alkyl halides is 2. The van der Waals surface area contributed by atoms with E-state index in [4.69, 9.17) is 14.9 Å². The first kappa shape index (κ1) is 14.7. The van der Waals surface area contributed by atoms with Gasteiger partial charge in [-0.15, -0.1) is 0 Å². The van der Waals surface area contributed by atoms with Gasteiger partial charge in [-0.2, -0.15) is 19.3 Å². The lowest BCUT2D eigenvalue weighted by Crippen LogP contribution is -2.40. The molecule has 1 heterocycles.